The van der Waals surface area contributed by atoms with Crippen molar-refractivity contribution in [3.8, 4) is 0 Å². The Balaban J connectivity index is 1.30. The highest BCUT2D eigenvalue weighted by Gasteiger charge is 2.35. The minimum absolute atomic E-state index is 0.0609. The molecule has 9 nitrogen and oxygen atoms in total. The largest absolute Gasteiger partial charge is 0.473 e. The molecule has 0 saturated carbocycles. The third-order valence-corrected chi connectivity index (χ3v) is 8.83. The summed E-state index contributed by atoms with van der Waals surface area (Å²) < 4.78 is 11.0. The van der Waals surface area contributed by atoms with Crippen molar-refractivity contribution in [2.75, 3.05) is 23.4 Å². The number of halogens is 1. The van der Waals surface area contributed by atoms with Crippen LogP contribution < -0.4 is 10.2 Å². The third-order valence-electron chi connectivity index (χ3n) is 7.38. The van der Waals surface area contributed by atoms with Gasteiger partial charge in [-0.05, 0) is 56.7 Å². The van der Waals surface area contributed by atoms with E-state index in [4.69, 9.17) is 36.9 Å². The summed E-state index contributed by atoms with van der Waals surface area (Å²) in [4.78, 5) is 25.7. The van der Waals surface area contributed by atoms with E-state index in [0.29, 0.717) is 42.1 Å². The summed E-state index contributed by atoms with van der Waals surface area (Å²) in [6, 6.07) is 12.4. The number of hydrogen-bond donors (Lipinski definition) is 3. The Labute approximate surface area is 246 Å². The molecule has 41 heavy (non-hydrogen) atoms. The number of amidine groups is 2. The van der Waals surface area contributed by atoms with Crippen LogP contribution in [0.5, 0.6) is 0 Å². The second kappa shape index (κ2) is 10.8. The number of carbonyl (C=O) groups is 1. The lowest BCUT2D eigenvalue weighted by Crippen LogP contribution is -2.41. The van der Waals surface area contributed by atoms with Gasteiger partial charge in [-0.2, -0.15) is 0 Å². The molecule has 3 aliphatic heterocycles. The first-order valence-electron chi connectivity index (χ1n) is 13.3. The monoisotopic (exact) mass is 588 g/mol. The molecule has 3 aliphatic rings. The highest BCUT2D eigenvalue weighted by atomic mass is 35.5. The predicted octanol–water partition coefficient (Wildman–Crippen LogP) is 5.72. The average Bonchev–Trinajstić information content (AvgIpc) is 3.40. The minimum atomic E-state index is -0.804. The molecule has 1 amide bonds. The molecule has 1 aromatic heterocycles. The van der Waals surface area contributed by atoms with Crippen molar-refractivity contribution in [3.05, 3.63) is 80.2 Å². The first kappa shape index (κ1) is 27.3. The first-order valence-corrected chi connectivity index (χ1v) is 14.5. The van der Waals surface area contributed by atoms with Crippen LogP contribution >= 0.6 is 22.9 Å². The maximum absolute atomic E-state index is 13.4. The number of nitrogens with zero attached hydrogens (tertiary/aromatic N) is 3. The number of anilines is 2. The normalized spacial score (nSPS) is 19.2. The van der Waals surface area contributed by atoms with E-state index in [1.165, 1.54) is 11.3 Å². The fourth-order valence-electron chi connectivity index (χ4n) is 5.07. The zero-order valence-corrected chi connectivity index (χ0v) is 24.4. The number of aryl methyl sites for hydroxylation is 1. The number of hydrogen-bond acceptors (Lipinski definition) is 8. The number of thiophene rings is 1. The molecule has 3 N–H and O–H groups in total. The van der Waals surface area contributed by atoms with Crippen LogP contribution in [0, 0.1) is 24.7 Å². The second-order valence-corrected chi connectivity index (χ2v) is 11.9. The molecule has 0 radical (unpaired) electrons. The van der Waals surface area contributed by atoms with Gasteiger partial charge < -0.3 is 14.8 Å². The Kier molecular flexibility index (Phi) is 7.23. The average molecular weight is 589 g/mol. The topological polar surface area (TPSA) is 123 Å². The van der Waals surface area contributed by atoms with Crippen LogP contribution in [0.2, 0.25) is 5.02 Å². The van der Waals surface area contributed by atoms with Gasteiger partial charge >= 0.3 is 0 Å². The van der Waals surface area contributed by atoms with Crippen molar-refractivity contribution in [3.63, 3.8) is 0 Å². The molecule has 4 heterocycles. The van der Waals surface area contributed by atoms with Crippen molar-refractivity contribution in [2.45, 2.75) is 45.9 Å². The molecule has 2 aromatic carbocycles. The van der Waals surface area contributed by atoms with Gasteiger partial charge in [0.1, 0.15) is 35.4 Å². The fraction of sp³-hybridized carbons (Fsp3) is 0.300. The van der Waals surface area contributed by atoms with Crippen LogP contribution in [-0.4, -0.2) is 54.5 Å². The standard InChI is InChI=1S/C30H29ClN6O3S/c1-15-16(2)41-30-26(15)27(18-4-6-20(31)7-5-18)36-24(28(33)37(30)17(3)32)11-25(38)34-21-8-9-23-19(10-21)12-40-29(23)35-22-13-39-14-22/h4-10,22,24,32-33H,11-14H2,1-3H3,(H,34,38)/t24-/m0/s1. The van der Waals surface area contributed by atoms with Crippen molar-refractivity contribution in [1.82, 2.24) is 0 Å². The molecule has 210 valence electrons. The smallest absolute Gasteiger partial charge is 0.227 e. The molecule has 0 aliphatic carbocycles. The lowest BCUT2D eigenvalue weighted by atomic mass is 9.99. The number of fused-ring (bicyclic) bond motifs is 2. The fourth-order valence-corrected chi connectivity index (χ4v) is 6.42. The van der Waals surface area contributed by atoms with E-state index in [-0.39, 0.29) is 30.0 Å². The molecule has 6 rings (SSSR count). The van der Waals surface area contributed by atoms with E-state index < -0.39 is 6.04 Å². The van der Waals surface area contributed by atoms with E-state index in [9.17, 15) is 4.79 Å². The lowest BCUT2D eigenvalue weighted by Gasteiger charge is -2.24. The van der Waals surface area contributed by atoms with Crippen LogP contribution in [0.1, 0.15) is 46.0 Å². The van der Waals surface area contributed by atoms with Gasteiger partial charge in [0.15, 0.2) is 0 Å². The highest BCUT2D eigenvalue weighted by Crippen LogP contribution is 2.40. The molecule has 0 spiro atoms. The molecule has 1 saturated heterocycles. The molecular weight excluding hydrogens is 560 g/mol. The SMILES string of the molecule is CC(=N)N1C(=N)[C@H](CC(=O)Nc2ccc3c(c2)COC3=NC2COC2)N=C(c2ccc(Cl)cc2)c2c1sc(C)c2C. The number of aliphatic imine (C=N–C) groups is 2. The molecule has 0 unspecified atom stereocenters. The van der Waals surface area contributed by atoms with Gasteiger partial charge in [0.25, 0.3) is 0 Å². The van der Waals surface area contributed by atoms with Gasteiger partial charge in [0.2, 0.25) is 11.8 Å². The zero-order chi connectivity index (χ0) is 28.8. The maximum Gasteiger partial charge on any atom is 0.227 e. The Hall–Kier alpha value is -3.86. The molecular formula is C30H29ClN6O3S. The number of benzene rings is 2. The summed E-state index contributed by atoms with van der Waals surface area (Å²) >= 11 is 7.70. The first-order chi connectivity index (χ1) is 19.7. The van der Waals surface area contributed by atoms with Crippen LogP contribution in [0.15, 0.2) is 52.4 Å². The minimum Gasteiger partial charge on any atom is -0.473 e. The van der Waals surface area contributed by atoms with Gasteiger partial charge in [-0.1, -0.05) is 23.7 Å². The molecule has 1 fully saturated rings. The lowest BCUT2D eigenvalue weighted by molar-refractivity contribution is -0.116. The maximum atomic E-state index is 13.4. The van der Waals surface area contributed by atoms with Gasteiger partial charge in [-0.3, -0.25) is 25.5 Å². The van der Waals surface area contributed by atoms with Crippen LogP contribution in [-0.2, 0) is 20.9 Å². The van der Waals surface area contributed by atoms with Gasteiger partial charge in [-0.15, -0.1) is 11.3 Å². The zero-order valence-electron chi connectivity index (χ0n) is 22.9. The number of amides is 1. The number of rotatable bonds is 5. The van der Waals surface area contributed by atoms with E-state index in [0.717, 1.165) is 37.7 Å². The van der Waals surface area contributed by atoms with E-state index in [1.807, 2.05) is 44.2 Å². The van der Waals surface area contributed by atoms with Gasteiger partial charge in [0.05, 0.1) is 25.3 Å². The van der Waals surface area contributed by atoms with Crippen molar-refractivity contribution in [1.29, 1.82) is 10.8 Å². The van der Waals surface area contributed by atoms with Gasteiger partial charge in [0, 0.05) is 37.8 Å². The summed E-state index contributed by atoms with van der Waals surface area (Å²) in [5, 5.41) is 21.9. The Morgan fingerprint density at radius 1 is 1.22 bits per heavy atom. The van der Waals surface area contributed by atoms with Crippen LogP contribution in [0.25, 0.3) is 0 Å². The van der Waals surface area contributed by atoms with Crippen molar-refractivity contribution >= 4 is 62.8 Å². The van der Waals surface area contributed by atoms with Crippen molar-refractivity contribution < 1.29 is 14.3 Å². The van der Waals surface area contributed by atoms with Crippen molar-refractivity contribution in [2.24, 2.45) is 9.98 Å². The second-order valence-electron chi connectivity index (χ2n) is 10.3. The number of nitrogens with one attached hydrogen (secondary N) is 3. The highest BCUT2D eigenvalue weighted by molar-refractivity contribution is 7.17. The molecule has 1 atom stereocenters. The van der Waals surface area contributed by atoms with E-state index >= 15 is 0 Å². The number of carbonyl (C=O) groups excluding carboxylic acids is 1. The summed E-state index contributed by atoms with van der Waals surface area (Å²) in [7, 11) is 0. The van der Waals surface area contributed by atoms with Gasteiger partial charge in [-0.25, -0.2) is 4.99 Å². The molecule has 11 heteroatoms. The van der Waals surface area contributed by atoms with E-state index in [2.05, 4.69) is 10.3 Å². The molecule has 0 bridgehead atoms. The van der Waals surface area contributed by atoms with Crippen LogP contribution in [0.3, 0.4) is 0 Å². The summed E-state index contributed by atoms with van der Waals surface area (Å²) in [6.07, 6.45) is -0.0609. The Morgan fingerprint density at radius 3 is 2.66 bits per heavy atom. The number of ether oxygens (including phenoxy) is 2. The summed E-state index contributed by atoms with van der Waals surface area (Å²) in [5.41, 5.74) is 5.94. The Bertz CT molecular complexity index is 1640. The predicted molar refractivity (Wildman–Crippen MR) is 164 cm³/mol. The van der Waals surface area contributed by atoms with Crippen LogP contribution in [0.4, 0.5) is 10.7 Å². The van der Waals surface area contributed by atoms with E-state index in [1.54, 1.807) is 24.0 Å². The molecule has 3 aromatic rings. The Morgan fingerprint density at radius 2 is 1.98 bits per heavy atom. The summed E-state index contributed by atoms with van der Waals surface area (Å²) in [6.45, 7) is 7.31. The quantitative estimate of drug-likeness (QED) is 0.260. The third kappa shape index (κ3) is 5.18. The summed E-state index contributed by atoms with van der Waals surface area (Å²) in [5.74, 6) is 0.614.